The standard InChI is InChI=1S/C25H29ClN4O4S/c1-16-9-17(2)11-22(10-16)30-18(3)12-20(19(30)4)14-27-28-25(31)15-29(35(6,32)33)21-7-8-24(34-5)23(26)13-21/h7-14H,15H2,1-6H3,(H,28,31)/b27-14-. The van der Waals surface area contributed by atoms with Crippen LogP contribution in [0.1, 0.15) is 28.1 Å². The summed E-state index contributed by atoms with van der Waals surface area (Å²) in [4.78, 5) is 12.5. The minimum Gasteiger partial charge on any atom is -0.495 e. The van der Waals surface area contributed by atoms with Gasteiger partial charge in [0.05, 0.1) is 30.3 Å². The minimum atomic E-state index is -3.76. The summed E-state index contributed by atoms with van der Waals surface area (Å²) in [6.45, 7) is 7.64. The van der Waals surface area contributed by atoms with Crippen LogP contribution in [-0.4, -0.2) is 45.0 Å². The van der Waals surface area contributed by atoms with E-state index in [1.165, 1.54) is 36.4 Å². The fourth-order valence-electron chi connectivity index (χ4n) is 3.95. The number of carbonyl (C=O) groups is 1. The third-order valence-corrected chi connectivity index (χ3v) is 6.87. The van der Waals surface area contributed by atoms with Crippen molar-refractivity contribution in [2.75, 3.05) is 24.2 Å². The van der Waals surface area contributed by atoms with Gasteiger partial charge in [-0.1, -0.05) is 17.7 Å². The van der Waals surface area contributed by atoms with E-state index in [4.69, 9.17) is 16.3 Å². The third kappa shape index (κ3) is 6.23. The second-order valence-corrected chi connectivity index (χ2v) is 10.7. The van der Waals surface area contributed by atoms with Crippen molar-refractivity contribution in [2.24, 2.45) is 5.10 Å². The molecule has 0 saturated carbocycles. The van der Waals surface area contributed by atoms with Gasteiger partial charge in [-0.05, 0) is 75.2 Å². The van der Waals surface area contributed by atoms with Gasteiger partial charge in [0.15, 0.2) is 0 Å². The van der Waals surface area contributed by atoms with Gasteiger partial charge in [0.25, 0.3) is 5.91 Å². The number of nitrogens with one attached hydrogen (secondary N) is 1. The lowest BCUT2D eigenvalue weighted by Gasteiger charge is -2.21. The van der Waals surface area contributed by atoms with Gasteiger partial charge in [-0.25, -0.2) is 13.8 Å². The molecule has 3 aromatic rings. The first-order valence-electron chi connectivity index (χ1n) is 10.8. The number of hydrogen-bond acceptors (Lipinski definition) is 5. The van der Waals surface area contributed by atoms with E-state index in [0.29, 0.717) is 5.75 Å². The Kier molecular flexibility index (Phi) is 7.92. The largest absolute Gasteiger partial charge is 0.495 e. The summed E-state index contributed by atoms with van der Waals surface area (Å²) in [5.41, 5.74) is 8.89. The molecule has 0 aliphatic heterocycles. The molecule has 0 saturated heterocycles. The minimum absolute atomic E-state index is 0.233. The summed E-state index contributed by atoms with van der Waals surface area (Å²) >= 11 is 6.13. The molecular weight excluding hydrogens is 488 g/mol. The summed E-state index contributed by atoms with van der Waals surface area (Å²) in [5.74, 6) is -0.196. The molecule has 0 atom stereocenters. The molecule has 0 radical (unpaired) electrons. The van der Waals surface area contributed by atoms with Gasteiger partial charge in [-0.15, -0.1) is 0 Å². The summed E-state index contributed by atoms with van der Waals surface area (Å²) in [6, 6.07) is 12.8. The number of sulfonamides is 1. The van der Waals surface area contributed by atoms with Crippen LogP contribution in [0.25, 0.3) is 5.69 Å². The molecule has 0 aliphatic carbocycles. The first kappa shape index (κ1) is 26.3. The van der Waals surface area contributed by atoms with Crippen LogP contribution in [0.2, 0.25) is 5.02 Å². The number of anilines is 1. The number of carbonyl (C=O) groups excluding carboxylic acids is 1. The van der Waals surface area contributed by atoms with Crippen molar-refractivity contribution in [3.63, 3.8) is 0 Å². The Morgan fingerprint density at radius 2 is 1.77 bits per heavy atom. The average molecular weight is 517 g/mol. The first-order chi connectivity index (χ1) is 16.4. The van der Waals surface area contributed by atoms with Crippen LogP contribution in [0.5, 0.6) is 5.75 Å². The number of nitrogens with zero attached hydrogens (tertiary/aromatic N) is 3. The Labute approximate surface area is 211 Å². The Hall–Kier alpha value is -3.30. The van der Waals surface area contributed by atoms with Gasteiger partial charge >= 0.3 is 0 Å². The number of hydrogen-bond donors (Lipinski definition) is 1. The van der Waals surface area contributed by atoms with E-state index in [0.717, 1.165) is 33.2 Å². The molecule has 35 heavy (non-hydrogen) atoms. The maximum absolute atomic E-state index is 12.5. The fraction of sp³-hybridized carbons (Fsp3) is 0.280. The predicted molar refractivity (Wildman–Crippen MR) is 141 cm³/mol. The number of hydrazone groups is 1. The highest BCUT2D eigenvalue weighted by Crippen LogP contribution is 2.30. The van der Waals surface area contributed by atoms with Gasteiger partial charge in [0.1, 0.15) is 12.3 Å². The van der Waals surface area contributed by atoms with E-state index in [1.54, 1.807) is 6.21 Å². The van der Waals surface area contributed by atoms with Crippen molar-refractivity contribution in [3.8, 4) is 11.4 Å². The molecule has 1 N–H and O–H groups in total. The molecule has 0 fully saturated rings. The van der Waals surface area contributed by atoms with E-state index < -0.39 is 22.5 Å². The van der Waals surface area contributed by atoms with Crippen molar-refractivity contribution in [3.05, 3.63) is 75.6 Å². The van der Waals surface area contributed by atoms with Crippen LogP contribution in [0.15, 0.2) is 47.6 Å². The number of amides is 1. The second-order valence-electron chi connectivity index (χ2n) is 8.39. The Balaban J connectivity index is 1.77. The molecule has 0 bridgehead atoms. The number of rotatable bonds is 8. The Morgan fingerprint density at radius 1 is 1.11 bits per heavy atom. The van der Waals surface area contributed by atoms with Crippen molar-refractivity contribution < 1.29 is 17.9 Å². The number of halogens is 1. The zero-order chi connectivity index (χ0) is 25.9. The van der Waals surface area contributed by atoms with Crippen LogP contribution in [0, 0.1) is 27.7 Å². The zero-order valence-electron chi connectivity index (χ0n) is 20.6. The molecule has 0 aliphatic rings. The second kappa shape index (κ2) is 10.5. The van der Waals surface area contributed by atoms with E-state index >= 15 is 0 Å². The molecule has 1 heterocycles. The Bertz CT molecular complexity index is 1380. The summed E-state index contributed by atoms with van der Waals surface area (Å²) in [6.07, 6.45) is 2.57. The van der Waals surface area contributed by atoms with Crippen LogP contribution < -0.4 is 14.5 Å². The van der Waals surface area contributed by atoms with Gasteiger partial charge < -0.3 is 9.30 Å². The molecule has 1 aromatic heterocycles. The smallest absolute Gasteiger partial charge is 0.260 e. The SMILES string of the molecule is COc1ccc(N(CC(=O)N/N=C\c2cc(C)n(-c3cc(C)cc(C)c3)c2C)S(C)(=O)=O)cc1Cl. The molecular formula is C25H29ClN4O4S. The fourth-order valence-corrected chi connectivity index (χ4v) is 5.05. The zero-order valence-corrected chi connectivity index (χ0v) is 22.2. The molecule has 8 nitrogen and oxygen atoms in total. The number of aryl methyl sites for hydroxylation is 3. The molecule has 1 amide bonds. The van der Waals surface area contributed by atoms with Crippen molar-refractivity contribution in [2.45, 2.75) is 27.7 Å². The highest BCUT2D eigenvalue weighted by atomic mass is 35.5. The van der Waals surface area contributed by atoms with Gasteiger partial charge in [0.2, 0.25) is 10.0 Å². The highest BCUT2D eigenvalue weighted by molar-refractivity contribution is 7.92. The van der Waals surface area contributed by atoms with Crippen molar-refractivity contribution in [1.29, 1.82) is 0 Å². The van der Waals surface area contributed by atoms with E-state index in [2.05, 4.69) is 47.1 Å². The Morgan fingerprint density at radius 3 is 2.34 bits per heavy atom. The number of benzene rings is 2. The van der Waals surface area contributed by atoms with Crippen LogP contribution in [0.3, 0.4) is 0 Å². The predicted octanol–water partition coefficient (Wildman–Crippen LogP) is 4.29. The third-order valence-electron chi connectivity index (χ3n) is 5.44. The molecule has 0 spiro atoms. The van der Waals surface area contributed by atoms with Crippen LogP contribution in [0.4, 0.5) is 5.69 Å². The van der Waals surface area contributed by atoms with E-state index in [1.807, 2.05) is 19.9 Å². The lowest BCUT2D eigenvalue weighted by Crippen LogP contribution is -2.39. The van der Waals surface area contributed by atoms with E-state index in [9.17, 15) is 13.2 Å². The monoisotopic (exact) mass is 516 g/mol. The molecule has 3 rings (SSSR count). The quantitative estimate of drug-likeness (QED) is 0.357. The maximum Gasteiger partial charge on any atom is 0.260 e. The topological polar surface area (TPSA) is 93.0 Å². The number of aromatic nitrogens is 1. The van der Waals surface area contributed by atoms with Gasteiger partial charge in [-0.2, -0.15) is 5.10 Å². The lowest BCUT2D eigenvalue weighted by molar-refractivity contribution is -0.119. The number of ether oxygens (including phenoxy) is 1. The van der Waals surface area contributed by atoms with Crippen LogP contribution in [-0.2, 0) is 14.8 Å². The summed E-state index contributed by atoms with van der Waals surface area (Å²) in [5, 5.41) is 4.29. The van der Waals surface area contributed by atoms with Gasteiger partial charge in [-0.3, -0.25) is 9.10 Å². The normalized spacial score (nSPS) is 11.6. The van der Waals surface area contributed by atoms with Crippen molar-refractivity contribution >= 4 is 39.4 Å². The number of methoxy groups -OCH3 is 1. The molecule has 186 valence electrons. The van der Waals surface area contributed by atoms with Crippen LogP contribution >= 0.6 is 11.6 Å². The summed E-state index contributed by atoms with van der Waals surface area (Å²) < 4.78 is 32.8. The molecule has 0 unspecified atom stereocenters. The first-order valence-corrected chi connectivity index (χ1v) is 13.0. The van der Waals surface area contributed by atoms with Crippen molar-refractivity contribution in [1.82, 2.24) is 9.99 Å². The summed E-state index contributed by atoms with van der Waals surface area (Å²) in [7, 11) is -2.30. The van der Waals surface area contributed by atoms with Gasteiger partial charge in [0, 0.05) is 22.6 Å². The maximum atomic E-state index is 12.5. The molecule has 2 aromatic carbocycles. The average Bonchev–Trinajstić information content (AvgIpc) is 3.03. The molecule has 10 heteroatoms. The van der Waals surface area contributed by atoms with E-state index in [-0.39, 0.29) is 10.7 Å². The highest BCUT2D eigenvalue weighted by Gasteiger charge is 2.22. The lowest BCUT2D eigenvalue weighted by atomic mass is 10.1.